The van der Waals surface area contributed by atoms with Crippen molar-refractivity contribution in [2.45, 2.75) is 27.7 Å². The van der Waals surface area contributed by atoms with Crippen molar-refractivity contribution in [3.05, 3.63) is 0 Å². The minimum Gasteiger partial charge on any atom is -0.465 e. The Kier molecular flexibility index (Phi) is 23.2. The van der Waals surface area contributed by atoms with Crippen LogP contribution in [0.3, 0.4) is 0 Å². The molecule has 0 radical (unpaired) electrons. The molecule has 0 aromatic heterocycles. The molecule has 0 spiro atoms. The van der Waals surface area contributed by atoms with Crippen molar-refractivity contribution in [3.63, 3.8) is 0 Å². The van der Waals surface area contributed by atoms with E-state index in [9.17, 15) is 9.59 Å². The molecule has 0 aliphatic heterocycles. The van der Waals surface area contributed by atoms with E-state index in [-0.39, 0.29) is 25.0 Å². The van der Waals surface area contributed by atoms with Gasteiger partial charge in [0, 0.05) is 45.7 Å². The first-order valence-corrected chi connectivity index (χ1v) is 5.40. The van der Waals surface area contributed by atoms with Crippen LogP contribution in [0.4, 0.5) is 9.59 Å². The second kappa shape index (κ2) is 16.1. The summed E-state index contributed by atoms with van der Waals surface area (Å²) < 4.78 is 0. The van der Waals surface area contributed by atoms with Crippen molar-refractivity contribution in [1.82, 2.24) is 9.80 Å². The van der Waals surface area contributed by atoms with Crippen LogP contribution < -0.4 is 0 Å². The average Bonchev–Trinajstić information content (AvgIpc) is 2.21. The van der Waals surface area contributed by atoms with E-state index in [1.165, 1.54) is 9.80 Å². The van der Waals surface area contributed by atoms with Crippen LogP contribution in [0, 0.1) is 0 Å². The summed E-state index contributed by atoms with van der Waals surface area (Å²) in [6.45, 7) is 9.57. The Morgan fingerprint density at radius 2 is 0.944 bits per heavy atom. The van der Waals surface area contributed by atoms with Crippen molar-refractivity contribution >= 4 is 12.2 Å². The Labute approximate surface area is 121 Å². The van der Waals surface area contributed by atoms with E-state index in [0.29, 0.717) is 26.2 Å². The van der Waals surface area contributed by atoms with Crippen molar-refractivity contribution in [2.75, 3.05) is 26.2 Å². The van der Waals surface area contributed by atoms with E-state index < -0.39 is 12.2 Å². The Morgan fingerprint density at radius 1 is 0.778 bits per heavy atom. The first-order valence-electron chi connectivity index (χ1n) is 5.40. The van der Waals surface area contributed by atoms with Crippen molar-refractivity contribution in [2.24, 2.45) is 0 Å². The maximum Gasteiger partial charge on any atom is 0.407 e. The van der Waals surface area contributed by atoms with Gasteiger partial charge in [-0.05, 0) is 27.7 Å². The second-order valence-corrected chi connectivity index (χ2v) is 2.91. The number of amides is 2. The molecular formula is C10H24N2O5Zn. The predicted molar refractivity (Wildman–Crippen MR) is 65.5 cm³/mol. The number of carbonyl (C=O) groups is 2. The number of hydrogen-bond donors (Lipinski definition) is 2. The van der Waals surface area contributed by atoms with Gasteiger partial charge in [-0.1, -0.05) is 0 Å². The van der Waals surface area contributed by atoms with E-state index >= 15 is 0 Å². The zero-order valence-corrected chi connectivity index (χ0v) is 14.6. The molecule has 0 rings (SSSR count). The van der Waals surface area contributed by atoms with E-state index in [0.717, 1.165) is 0 Å². The van der Waals surface area contributed by atoms with Gasteiger partial charge >= 0.3 is 12.2 Å². The molecular weight excluding hydrogens is 294 g/mol. The minimum atomic E-state index is -0.838. The van der Waals surface area contributed by atoms with Gasteiger partial charge in [0.2, 0.25) is 0 Å². The van der Waals surface area contributed by atoms with Crippen LogP contribution in [-0.4, -0.2) is 63.9 Å². The molecule has 0 aromatic rings. The summed E-state index contributed by atoms with van der Waals surface area (Å²) in [7, 11) is 0. The quantitative estimate of drug-likeness (QED) is 0.758. The summed E-state index contributed by atoms with van der Waals surface area (Å²) >= 11 is 0. The fourth-order valence-electron chi connectivity index (χ4n) is 0.988. The normalized spacial score (nSPS) is 7.78. The fraction of sp³-hybridized carbons (Fsp3) is 0.800. The fourth-order valence-corrected chi connectivity index (χ4v) is 0.988. The summed E-state index contributed by atoms with van der Waals surface area (Å²) in [5.41, 5.74) is 0. The zero-order chi connectivity index (χ0) is 13.1. The summed E-state index contributed by atoms with van der Waals surface area (Å²) in [5, 5.41) is 16.6. The van der Waals surface area contributed by atoms with Crippen LogP contribution in [0.2, 0.25) is 0 Å². The topological polar surface area (TPSA) is 113 Å². The number of rotatable bonds is 4. The first kappa shape index (κ1) is 25.8. The van der Waals surface area contributed by atoms with Gasteiger partial charge in [0.25, 0.3) is 0 Å². The molecule has 0 saturated carbocycles. The van der Waals surface area contributed by atoms with Gasteiger partial charge in [-0.3, -0.25) is 0 Å². The van der Waals surface area contributed by atoms with Gasteiger partial charge in [-0.25, -0.2) is 9.59 Å². The molecule has 7 nitrogen and oxygen atoms in total. The minimum absolute atomic E-state index is 0. The van der Waals surface area contributed by atoms with Crippen LogP contribution in [0.25, 0.3) is 0 Å². The molecule has 2 amide bonds. The third-order valence-electron chi connectivity index (χ3n) is 2.07. The SMILES string of the molecule is CCN(CC)C(=O)O.CCN(CC)C(=O)O.O.[Zn]. The van der Waals surface area contributed by atoms with Crippen LogP contribution in [0.15, 0.2) is 0 Å². The maximum absolute atomic E-state index is 10.1. The van der Waals surface area contributed by atoms with Crippen LogP contribution >= 0.6 is 0 Å². The van der Waals surface area contributed by atoms with Gasteiger partial charge < -0.3 is 25.5 Å². The van der Waals surface area contributed by atoms with Gasteiger partial charge in [-0.2, -0.15) is 0 Å². The Bertz CT molecular complexity index is 186. The molecule has 0 saturated heterocycles. The molecule has 0 aromatic carbocycles. The molecule has 0 aliphatic carbocycles. The standard InChI is InChI=1S/2C5H11NO2.H2O.Zn/c2*1-3-6(4-2)5(7)8;;/h2*3-4H2,1-2H3,(H,7,8);1H2;. The monoisotopic (exact) mass is 316 g/mol. The Hall–Kier alpha value is -0.877. The van der Waals surface area contributed by atoms with Crippen LogP contribution in [0.5, 0.6) is 0 Å². The largest absolute Gasteiger partial charge is 0.465 e. The van der Waals surface area contributed by atoms with Gasteiger partial charge in [0.05, 0.1) is 0 Å². The molecule has 106 valence electrons. The molecule has 0 fully saturated rings. The molecule has 8 heteroatoms. The molecule has 18 heavy (non-hydrogen) atoms. The third kappa shape index (κ3) is 13.2. The third-order valence-corrected chi connectivity index (χ3v) is 2.07. The Morgan fingerprint density at radius 3 is 0.944 bits per heavy atom. The Balaban J connectivity index is -0.0000000980. The van der Waals surface area contributed by atoms with Crippen molar-refractivity contribution in [3.8, 4) is 0 Å². The van der Waals surface area contributed by atoms with E-state index in [1.54, 1.807) is 0 Å². The summed E-state index contributed by atoms with van der Waals surface area (Å²) in [5.74, 6) is 0. The molecule has 0 heterocycles. The van der Waals surface area contributed by atoms with Gasteiger partial charge in [-0.15, -0.1) is 0 Å². The molecule has 0 bridgehead atoms. The van der Waals surface area contributed by atoms with E-state index in [2.05, 4.69) is 0 Å². The molecule has 0 atom stereocenters. The maximum atomic E-state index is 10.1. The van der Waals surface area contributed by atoms with Crippen molar-refractivity contribution < 1.29 is 44.8 Å². The first-order chi connectivity index (χ1) is 7.44. The molecule has 0 unspecified atom stereocenters. The molecule has 4 N–H and O–H groups in total. The summed E-state index contributed by atoms with van der Waals surface area (Å²) in [6.07, 6.45) is -1.68. The van der Waals surface area contributed by atoms with Crippen molar-refractivity contribution in [1.29, 1.82) is 0 Å². The predicted octanol–water partition coefficient (Wildman–Crippen LogP) is 1.19. The van der Waals surface area contributed by atoms with Gasteiger partial charge in [0.15, 0.2) is 0 Å². The smallest absolute Gasteiger partial charge is 0.407 e. The van der Waals surface area contributed by atoms with E-state index in [4.69, 9.17) is 10.2 Å². The molecule has 0 aliphatic rings. The zero-order valence-electron chi connectivity index (χ0n) is 11.6. The van der Waals surface area contributed by atoms with Gasteiger partial charge in [0.1, 0.15) is 0 Å². The summed E-state index contributed by atoms with van der Waals surface area (Å²) in [4.78, 5) is 22.8. The van der Waals surface area contributed by atoms with Crippen LogP contribution in [-0.2, 0) is 19.5 Å². The van der Waals surface area contributed by atoms with E-state index in [1.807, 2.05) is 27.7 Å². The van der Waals surface area contributed by atoms with Crippen LogP contribution in [0.1, 0.15) is 27.7 Å². The number of carboxylic acid groups (broad SMARTS) is 2. The average molecular weight is 318 g/mol. The number of nitrogens with zero attached hydrogens (tertiary/aromatic N) is 2. The second-order valence-electron chi connectivity index (χ2n) is 2.91. The number of hydrogen-bond acceptors (Lipinski definition) is 2. The summed E-state index contributed by atoms with van der Waals surface area (Å²) in [6, 6.07) is 0.